The third kappa shape index (κ3) is 8.71. The van der Waals surface area contributed by atoms with Gasteiger partial charge in [-0.3, -0.25) is 9.59 Å². The van der Waals surface area contributed by atoms with E-state index in [0.29, 0.717) is 24.0 Å². The van der Waals surface area contributed by atoms with Gasteiger partial charge in [0.05, 0.1) is 11.4 Å². The number of benzene rings is 2. The lowest BCUT2D eigenvalue weighted by molar-refractivity contribution is -0.147. The zero-order valence-electron chi connectivity index (χ0n) is 32.6. The topological polar surface area (TPSA) is 142 Å². The first kappa shape index (κ1) is 39.2. The lowest BCUT2D eigenvalue weighted by atomic mass is 9.88. The van der Waals surface area contributed by atoms with Crippen LogP contribution in [0.1, 0.15) is 136 Å². The van der Waals surface area contributed by atoms with Crippen molar-refractivity contribution in [1.82, 2.24) is 20.6 Å². The predicted molar refractivity (Wildman–Crippen MR) is 212 cm³/mol. The number of fused-ring (bicyclic) bond motifs is 6. The number of carbonyl (C=O) groups is 4. The van der Waals surface area contributed by atoms with Gasteiger partial charge in [0, 0.05) is 81.8 Å². The molecule has 0 saturated carbocycles. The number of hydrogen-bond donors (Lipinski definition) is 4. The van der Waals surface area contributed by atoms with Crippen LogP contribution in [0.2, 0.25) is 0 Å². The molecule has 0 spiro atoms. The Labute approximate surface area is 318 Å². The minimum atomic E-state index is -0.636. The maximum absolute atomic E-state index is 13.3. The first-order chi connectivity index (χ1) is 26.0. The Morgan fingerprint density at radius 3 is 1.46 bits per heavy atom. The Morgan fingerprint density at radius 1 is 0.685 bits per heavy atom. The van der Waals surface area contributed by atoms with Crippen LogP contribution in [0.4, 0.5) is 0 Å². The van der Waals surface area contributed by atoms with Crippen molar-refractivity contribution in [1.29, 1.82) is 0 Å². The molecule has 0 amide bonds. The molecule has 2 aliphatic rings. The van der Waals surface area contributed by atoms with Gasteiger partial charge < -0.3 is 30.1 Å². The molecule has 2 heterocycles. The number of nitrogens with one attached hydrogen (secondary N) is 4. The Bertz CT molecular complexity index is 1890. The predicted octanol–water partition coefficient (Wildman–Crippen LogP) is 8.16. The third-order valence-electron chi connectivity index (χ3n) is 10.8. The molecule has 0 radical (unpaired) electrons. The monoisotopic (exact) mass is 736 g/mol. The summed E-state index contributed by atoms with van der Waals surface area (Å²) >= 11 is 0. The van der Waals surface area contributed by atoms with E-state index in [1.165, 1.54) is 0 Å². The van der Waals surface area contributed by atoms with Crippen molar-refractivity contribution in [3.8, 4) is 0 Å². The summed E-state index contributed by atoms with van der Waals surface area (Å²) in [7, 11) is 0. The van der Waals surface area contributed by atoms with E-state index in [1.807, 2.05) is 64.1 Å². The number of H-pyrrole nitrogens is 2. The Hall–Kier alpha value is -4.54. The molecule has 4 N–H and O–H groups in total. The molecule has 54 heavy (non-hydrogen) atoms. The number of esters is 2. The Morgan fingerprint density at radius 2 is 1.09 bits per heavy atom. The number of rotatable bonds is 16. The van der Waals surface area contributed by atoms with Crippen LogP contribution in [0, 0.1) is 11.8 Å². The van der Waals surface area contributed by atoms with Gasteiger partial charge in [0.2, 0.25) is 0 Å². The summed E-state index contributed by atoms with van der Waals surface area (Å²) in [5.41, 5.74) is 6.85. The molecule has 2 aromatic heterocycles. The van der Waals surface area contributed by atoms with Crippen molar-refractivity contribution in [2.75, 3.05) is 13.1 Å². The van der Waals surface area contributed by atoms with Crippen LogP contribution in [-0.4, -0.2) is 58.6 Å². The van der Waals surface area contributed by atoms with E-state index in [2.05, 4.69) is 34.4 Å². The summed E-state index contributed by atoms with van der Waals surface area (Å²) in [5, 5.41) is 9.20. The van der Waals surface area contributed by atoms with Crippen molar-refractivity contribution in [2.24, 2.45) is 11.8 Å². The minimum absolute atomic E-state index is 0.0783. The second-order valence-electron chi connectivity index (χ2n) is 15.7. The lowest BCUT2D eigenvalue weighted by Gasteiger charge is -2.30. The van der Waals surface area contributed by atoms with Gasteiger partial charge in [0.25, 0.3) is 0 Å². The van der Waals surface area contributed by atoms with Gasteiger partial charge in [-0.05, 0) is 86.3 Å². The number of aromatic amines is 2. The Kier molecular flexibility index (Phi) is 12.5. The van der Waals surface area contributed by atoms with Crippen LogP contribution in [0.15, 0.2) is 48.6 Å². The molecule has 4 aromatic rings. The SMILES string of the molecule is CCCCNC1Cc2c([nH]c3ccc(C(=O)C(C)C)cc23)C(OC(=O)/C=C/C(=O)OC2CC(NCCCC)Cc3c2[nH]c2ccc(C(=O)C(C)C)cc32)C1. The maximum Gasteiger partial charge on any atom is 0.331 e. The average Bonchev–Trinajstić information content (AvgIpc) is 3.71. The van der Waals surface area contributed by atoms with Crippen LogP contribution in [0.25, 0.3) is 21.8 Å². The molecule has 0 fully saturated rings. The van der Waals surface area contributed by atoms with Crippen LogP contribution in [0.3, 0.4) is 0 Å². The van der Waals surface area contributed by atoms with Crippen LogP contribution >= 0.6 is 0 Å². The minimum Gasteiger partial charge on any atom is -0.453 e. The molecular weight excluding hydrogens is 681 g/mol. The van der Waals surface area contributed by atoms with Gasteiger partial charge in [0.15, 0.2) is 11.6 Å². The third-order valence-corrected chi connectivity index (χ3v) is 10.8. The van der Waals surface area contributed by atoms with Crippen LogP contribution in [-0.2, 0) is 31.9 Å². The van der Waals surface area contributed by atoms with E-state index >= 15 is 0 Å². The van der Waals surface area contributed by atoms with Gasteiger partial charge in [-0.15, -0.1) is 0 Å². The first-order valence-corrected chi connectivity index (χ1v) is 19.9. The highest BCUT2D eigenvalue weighted by Crippen LogP contribution is 2.39. The molecule has 10 heteroatoms. The van der Waals surface area contributed by atoms with Gasteiger partial charge in [0.1, 0.15) is 12.2 Å². The molecule has 4 unspecified atom stereocenters. The zero-order chi connectivity index (χ0) is 38.5. The fourth-order valence-corrected chi connectivity index (χ4v) is 7.90. The number of ketones is 2. The van der Waals surface area contributed by atoms with Crippen molar-refractivity contribution < 1.29 is 28.7 Å². The molecule has 0 bridgehead atoms. The smallest absolute Gasteiger partial charge is 0.331 e. The second kappa shape index (κ2) is 17.3. The van der Waals surface area contributed by atoms with Crippen LogP contribution < -0.4 is 10.6 Å². The number of aromatic nitrogens is 2. The quantitative estimate of drug-likeness (QED) is 0.0391. The molecule has 4 atom stereocenters. The summed E-state index contributed by atoms with van der Waals surface area (Å²) < 4.78 is 12.1. The zero-order valence-corrected chi connectivity index (χ0v) is 32.6. The first-order valence-electron chi connectivity index (χ1n) is 19.9. The van der Waals surface area contributed by atoms with Crippen LogP contribution in [0.5, 0.6) is 0 Å². The van der Waals surface area contributed by atoms with E-state index in [-0.39, 0.29) is 35.5 Å². The largest absolute Gasteiger partial charge is 0.453 e. The van der Waals surface area contributed by atoms with Gasteiger partial charge in [-0.1, -0.05) is 54.4 Å². The fraction of sp³-hybridized carbons (Fsp3) is 0.500. The summed E-state index contributed by atoms with van der Waals surface area (Å²) in [6, 6.07) is 11.6. The van der Waals surface area contributed by atoms with E-state index < -0.39 is 24.1 Å². The summed E-state index contributed by atoms with van der Waals surface area (Å²) in [5.74, 6) is -1.33. The number of unbranched alkanes of at least 4 members (excludes halogenated alkanes) is 2. The van der Waals surface area contributed by atoms with Crippen molar-refractivity contribution in [2.45, 2.75) is 117 Å². The average molecular weight is 737 g/mol. The number of hydrogen-bond acceptors (Lipinski definition) is 8. The number of carbonyl (C=O) groups excluding carboxylic acids is 4. The Balaban J connectivity index is 1.20. The molecule has 2 aliphatic carbocycles. The molecule has 10 nitrogen and oxygen atoms in total. The van der Waals surface area contributed by atoms with E-state index in [4.69, 9.17) is 9.47 Å². The van der Waals surface area contributed by atoms with Crippen molar-refractivity contribution in [3.05, 3.63) is 82.2 Å². The van der Waals surface area contributed by atoms with Gasteiger partial charge in [-0.2, -0.15) is 0 Å². The molecule has 6 rings (SSSR count). The highest BCUT2D eigenvalue weighted by atomic mass is 16.5. The molecule has 2 aromatic carbocycles. The normalized spacial score (nSPS) is 19.8. The van der Waals surface area contributed by atoms with E-state index in [0.717, 1.165) is 108 Å². The highest BCUT2D eigenvalue weighted by molar-refractivity contribution is 6.02. The highest BCUT2D eigenvalue weighted by Gasteiger charge is 2.34. The van der Waals surface area contributed by atoms with Gasteiger partial charge in [-0.25, -0.2) is 9.59 Å². The lowest BCUT2D eigenvalue weighted by Crippen LogP contribution is -2.37. The molecule has 0 saturated heterocycles. The summed E-state index contributed by atoms with van der Waals surface area (Å²) in [4.78, 5) is 59.3. The number of ether oxygens (including phenoxy) is 2. The van der Waals surface area contributed by atoms with E-state index in [1.54, 1.807) is 0 Å². The van der Waals surface area contributed by atoms with Crippen molar-refractivity contribution in [3.63, 3.8) is 0 Å². The fourth-order valence-electron chi connectivity index (χ4n) is 7.90. The maximum atomic E-state index is 13.3. The standard InChI is InChI=1S/C44H56N4O6/c1-7-9-17-45-29-21-33-31-19-27(43(51)25(3)4)11-13-35(31)47-41(33)37(23-29)53-39(49)15-16-40(50)54-38-24-30(46-18-10-8-2)22-34-32-20-28(44(52)26(5)6)12-14-36(32)48-42(34)38/h11-16,19-20,25-26,29-30,37-38,45-48H,7-10,17-18,21-24H2,1-6H3/b16-15+. The molecule has 288 valence electrons. The molecular formula is C44H56N4O6. The molecule has 0 aliphatic heterocycles. The van der Waals surface area contributed by atoms with Gasteiger partial charge >= 0.3 is 11.9 Å². The summed E-state index contributed by atoms with van der Waals surface area (Å²) in [6.07, 6.45) is 8.02. The van der Waals surface area contributed by atoms with E-state index in [9.17, 15) is 19.2 Å². The number of Topliss-reactive ketones (excluding diaryl/α,β-unsaturated/α-hetero) is 2. The second-order valence-corrected chi connectivity index (χ2v) is 15.7. The summed E-state index contributed by atoms with van der Waals surface area (Å²) in [6.45, 7) is 13.6. The van der Waals surface area contributed by atoms with Crippen molar-refractivity contribution >= 4 is 45.3 Å².